The van der Waals surface area contributed by atoms with Crippen LogP contribution in [-0.2, 0) is 9.59 Å². The minimum absolute atomic E-state index is 0.278. The Morgan fingerprint density at radius 1 is 0.793 bits per heavy atom. The molecule has 29 heavy (non-hydrogen) atoms. The molecule has 0 atom stereocenters. The molecule has 0 aliphatic rings. The molecule has 3 aromatic rings. The van der Waals surface area contributed by atoms with E-state index >= 15 is 0 Å². The zero-order valence-electron chi connectivity index (χ0n) is 15.2. The van der Waals surface area contributed by atoms with Crippen molar-refractivity contribution in [3.8, 4) is 0 Å². The second-order valence-electron chi connectivity index (χ2n) is 6.04. The van der Waals surface area contributed by atoms with Gasteiger partial charge in [-0.15, -0.1) is 0 Å². The number of carbonyl (C=O) groups is 2. The van der Waals surface area contributed by atoms with E-state index < -0.39 is 11.8 Å². The SMILES string of the molecule is O=C(O)C(=O)/C=C(\N/N=C(/c1ccccc1)c1ccc(Cl)cc1)c1ccccc1. The van der Waals surface area contributed by atoms with Crippen molar-refractivity contribution in [1.29, 1.82) is 0 Å². The average molecular weight is 405 g/mol. The molecule has 0 aliphatic heterocycles. The number of nitrogens with zero attached hydrogens (tertiary/aromatic N) is 1. The Bertz CT molecular complexity index is 1060. The maximum Gasteiger partial charge on any atom is 0.376 e. The van der Waals surface area contributed by atoms with Crippen molar-refractivity contribution in [2.75, 3.05) is 0 Å². The van der Waals surface area contributed by atoms with Crippen molar-refractivity contribution >= 4 is 34.8 Å². The van der Waals surface area contributed by atoms with Crippen LogP contribution in [0.4, 0.5) is 0 Å². The summed E-state index contributed by atoms with van der Waals surface area (Å²) in [6.45, 7) is 0. The van der Waals surface area contributed by atoms with E-state index in [-0.39, 0.29) is 5.70 Å². The highest BCUT2D eigenvalue weighted by Crippen LogP contribution is 2.16. The third kappa shape index (κ3) is 5.40. The van der Waals surface area contributed by atoms with Gasteiger partial charge in [-0.2, -0.15) is 5.10 Å². The van der Waals surface area contributed by atoms with Crippen LogP contribution in [0, 0.1) is 0 Å². The lowest BCUT2D eigenvalue weighted by molar-refractivity contribution is -0.146. The number of carboxylic acids is 1. The van der Waals surface area contributed by atoms with Crippen molar-refractivity contribution < 1.29 is 14.7 Å². The van der Waals surface area contributed by atoms with Gasteiger partial charge in [0.15, 0.2) is 0 Å². The molecule has 6 heteroatoms. The number of benzene rings is 3. The van der Waals surface area contributed by atoms with Crippen molar-refractivity contribution in [2.24, 2.45) is 5.10 Å². The minimum Gasteiger partial charge on any atom is -0.475 e. The fourth-order valence-electron chi connectivity index (χ4n) is 2.61. The predicted molar refractivity (Wildman–Crippen MR) is 114 cm³/mol. The van der Waals surface area contributed by atoms with E-state index in [4.69, 9.17) is 16.7 Å². The van der Waals surface area contributed by atoms with Crippen LogP contribution in [0.25, 0.3) is 5.70 Å². The predicted octanol–water partition coefficient (Wildman–Crippen LogP) is 4.38. The highest BCUT2D eigenvalue weighted by Gasteiger charge is 2.12. The third-order valence-corrected chi connectivity index (χ3v) is 4.28. The first-order valence-electron chi connectivity index (χ1n) is 8.74. The summed E-state index contributed by atoms with van der Waals surface area (Å²) < 4.78 is 0. The topological polar surface area (TPSA) is 78.8 Å². The molecular formula is C23H17ClN2O3. The summed E-state index contributed by atoms with van der Waals surface area (Å²) in [4.78, 5) is 22.8. The maximum absolute atomic E-state index is 11.8. The fourth-order valence-corrected chi connectivity index (χ4v) is 2.73. The summed E-state index contributed by atoms with van der Waals surface area (Å²) in [6, 6.07) is 25.6. The molecule has 0 spiro atoms. The summed E-state index contributed by atoms with van der Waals surface area (Å²) in [7, 11) is 0. The molecule has 3 rings (SSSR count). The van der Waals surface area contributed by atoms with E-state index in [2.05, 4.69) is 10.5 Å². The zero-order valence-corrected chi connectivity index (χ0v) is 16.0. The molecule has 0 heterocycles. The van der Waals surface area contributed by atoms with Crippen LogP contribution < -0.4 is 5.43 Å². The van der Waals surface area contributed by atoms with Crippen LogP contribution in [0.5, 0.6) is 0 Å². The van der Waals surface area contributed by atoms with Gasteiger partial charge in [0.25, 0.3) is 5.78 Å². The van der Waals surface area contributed by atoms with Crippen molar-refractivity contribution in [2.45, 2.75) is 0 Å². The second kappa shape index (κ2) is 9.48. The van der Waals surface area contributed by atoms with E-state index in [0.717, 1.165) is 17.2 Å². The number of carbonyl (C=O) groups excluding carboxylic acids is 1. The van der Waals surface area contributed by atoms with Gasteiger partial charge in [-0.05, 0) is 17.7 Å². The molecule has 0 saturated heterocycles. The van der Waals surface area contributed by atoms with E-state index in [1.807, 2.05) is 48.5 Å². The molecule has 0 saturated carbocycles. The highest BCUT2D eigenvalue weighted by atomic mass is 35.5. The number of nitrogens with one attached hydrogen (secondary N) is 1. The van der Waals surface area contributed by atoms with Crippen LogP contribution >= 0.6 is 11.6 Å². The molecule has 0 unspecified atom stereocenters. The Hall–Kier alpha value is -3.70. The quantitative estimate of drug-likeness (QED) is 0.265. The number of carboxylic acid groups (broad SMARTS) is 1. The number of hydrazone groups is 1. The van der Waals surface area contributed by atoms with Crippen molar-refractivity contribution in [3.63, 3.8) is 0 Å². The molecule has 0 aliphatic carbocycles. The number of aliphatic carboxylic acids is 1. The minimum atomic E-state index is -1.54. The molecule has 5 nitrogen and oxygen atoms in total. The monoisotopic (exact) mass is 404 g/mol. The molecule has 144 valence electrons. The smallest absolute Gasteiger partial charge is 0.376 e. The van der Waals surface area contributed by atoms with Crippen LogP contribution in [0.1, 0.15) is 16.7 Å². The zero-order chi connectivity index (χ0) is 20.6. The molecule has 0 fully saturated rings. The van der Waals surface area contributed by atoms with Gasteiger partial charge in [-0.1, -0.05) is 84.4 Å². The van der Waals surface area contributed by atoms with Crippen LogP contribution in [0.15, 0.2) is 96.1 Å². The number of rotatable bonds is 7. The van der Waals surface area contributed by atoms with Gasteiger partial charge in [0.2, 0.25) is 0 Å². The van der Waals surface area contributed by atoms with Gasteiger partial charge in [0.1, 0.15) is 0 Å². The summed E-state index contributed by atoms with van der Waals surface area (Å²) in [5, 5.41) is 14.1. The lowest BCUT2D eigenvalue weighted by atomic mass is 10.0. The lowest BCUT2D eigenvalue weighted by Gasteiger charge is -2.11. The van der Waals surface area contributed by atoms with Crippen molar-refractivity contribution in [3.05, 3.63) is 113 Å². The van der Waals surface area contributed by atoms with Gasteiger partial charge >= 0.3 is 5.97 Å². The second-order valence-corrected chi connectivity index (χ2v) is 6.48. The number of halogens is 1. The Kier molecular flexibility index (Phi) is 6.55. The van der Waals surface area contributed by atoms with Gasteiger partial charge in [0.05, 0.1) is 11.4 Å². The van der Waals surface area contributed by atoms with E-state index in [1.54, 1.807) is 36.4 Å². The summed E-state index contributed by atoms with van der Waals surface area (Å²) in [5.41, 5.74) is 6.05. The van der Waals surface area contributed by atoms with E-state index in [1.165, 1.54) is 0 Å². The maximum atomic E-state index is 11.8. The van der Waals surface area contributed by atoms with Gasteiger partial charge < -0.3 is 5.11 Å². The summed E-state index contributed by atoms with van der Waals surface area (Å²) >= 11 is 6.00. The Balaban J connectivity index is 2.04. The fraction of sp³-hybridized carbons (Fsp3) is 0. The molecular weight excluding hydrogens is 388 g/mol. The lowest BCUT2D eigenvalue weighted by Crippen LogP contribution is -2.16. The number of ketones is 1. The van der Waals surface area contributed by atoms with Crippen molar-refractivity contribution in [1.82, 2.24) is 5.43 Å². The van der Waals surface area contributed by atoms with Gasteiger partial charge in [0, 0.05) is 22.2 Å². The third-order valence-electron chi connectivity index (χ3n) is 4.02. The van der Waals surface area contributed by atoms with Gasteiger partial charge in [-0.3, -0.25) is 10.2 Å². The normalized spacial score (nSPS) is 11.8. The van der Waals surface area contributed by atoms with Crippen LogP contribution in [0.2, 0.25) is 5.02 Å². The summed E-state index contributed by atoms with van der Waals surface area (Å²) in [5.74, 6) is -2.58. The molecule has 0 bridgehead atoms. The average Bonchev–Trinajstić information content (AvgIpc) is 2.75. The molecule has 0 aromatic heterocycles. The van der Waals surface area contributed by atoms with Gasteiger partial charge in [-0.25, -0.2) is 4.79 Å². The first-order chi connectivity index (χ1) is 14.0. The number of hydrogen-bond donors (Lipinski definition) is 2. The molecule has 2 N–H and O–H groups in total. The van der Waals surface area contributed by atoms with Crippen LogP contribution in [0.3, 0.4) is 0 Å². The first kappa shape index (κ1) is 20.0. The van der Waals surface area contributed by atoms with E-state index in [9.17, 15) is 9.59 Å². The Morgan fingerprint density at radius 2 is 1.31 bits per heavy atom. The number of hydrogen-bond acceptors (Lipinski definition) is 4. The Labute approximate surface area is 173 Å². The van der Waals surface area contributed by atoms with E-state index in [0.29, 0.717) is 16.3 Å². The standard InChI is InChI=1S/C23H17ClN2O3/c24-19-13-11-18(12-14-19)22(17-9-5-2-6-10-17)26-25-20(15-21(27)23(28)29)16-7-3-1-4-8-16/h1-15,25H,(H,28,29)/b20-15-,26-22-. The molecule has 3 aromatic carbocycles. The molecule has 0 radical (unpaired) electrons. The molecule has 0 amide bonds. The highest BCUT2D eigenvalue weighted by molar-refractivity contribution is 6.38. The Morgan fingerprint density at radius 3 is 1.86 bits per heavy atom. The van der Waals surface area contributed by atoms with Crippen LogP contribution in [-0.4, -0.2) is 22.6 Å². The first-order valence-corrected chi connectivity index (χ1v) is 9.12. The summed E-state index contributed by atoms with van der Waals surface area (Å²) in [6.07, 6.45) is 1.02. The largest absolute Gasteiger partial charge is 0.475 e.